The highest BCUT2D eigenvalue weighted by atomic mass is 32.1. The number of aromatic nitrogens is 3. The number of carbonyl (C=O) groups excluding carboxylic acids is 3. The summed E-state index contributed by atoms with van der Waals surface area (Å²) >= 11 is 4.76. The number of halogens is 4. The third kappa shape index (κ3) is 17.3. The molecule has 0 aliphatic heterocycles. The van der Waals surface area contributed by atoms with Crippen molar-refractivity contribution in [3.8, 4) is 0 Å². The lowest BCUT2D eigenvalue weighted by molar-refractivity contribution is -0.146. The number of hydrogen-bond acceptors (Lipinski definition) is 13. The van der Waals surface area contributed by atoms with E-state index in [-0.39, 0.29) is 119 Å². The molecule has 3 aromatic heterocycles. The van der Waals surface area contributed by atoms with Gasteiger partial charge >= 0.3 is 17.9 Å². The van der Waals surface area contributed by atoms with E-state index in [1.54, 1.807) is 121 Å². The number of aliphatic carboxylic acids is 1. The van der Waals surface area contributed by atoms with Gasteiger partial charge in [0.2, 0.25) is 0 Å². The SMILES string of the molecule is C.C.C.C.COC(=O)[C@]1(c2cccc(F)c2C)C=C(C)CC1.COC(=O)[C@]1(c2cccc(F)c2C)C=C(c2ccc3scnc3c2)CC1.Cc1c(F)cccc1[C@@]1(C(=O)NO)C=C(c2ccc3scnc3c2)CC1.Cc1c(F)cccc1[C@@]1(C(=O)O)C=C(c2ccc3scnc3c2)CC1.S.S.S.S. The number of esters is 2. The van der Waals surface area contributed by atoms with Crippen molar-refractivity contribution in [1.82, 2.24) is 20.4 Å². The molecule has 14 rings (SSSR count). The van der Waals surface area contributed by atoms with Gasteiger partial charge in [-0.15, -0.1) is 34.0 Å². The first-order valence-electron chi connectivity index (χ1n) is 30.8. The molecular formula is C80H92F4N4O8S7. The molecule has 7 aromatic carbocycles. The predicted octanol–water partition coefficient (Wildman–Crippen LogP) is 20.6. The molecule has 0 unspecified atom stereocenters. The van der Waals surface area contributed by atoms with Gasteiger partial charge in [-0.3, -0.25) is 24.4 Å². The zero-order chi connectivity index (χ0) is 67.6. The number of hydroxylamine groups is 1. The summed E-state index contributed by atoms with van der Waals surface area (Å²) in [6, 6.07) is 37.3. The Morgan fingerprint density at radius 3 is 1.04 bits per heavy atom. The van der Waals surface area contributed by atoms with Crippen molar-refractivity contribution in [2.75, 3.05) is 14.2 Å². The van der Waals surface area contributed by atoms with E-state index in [1.807, 2.05) is 85.3 Å². The largest absolute Gasteiger partial charge is 0.480 e. The third-order valence-electron chi connectivity index (χ3n) is 19.1. The molecule has 550 valence electrons. The first-order chi connectivity index (χ1) is 45.6. The predicted molar refractivity (Wildman–Crippen MR) is 435 cm³/mol. The maximum Gasteiger partial charge on any atom is 0.320 e. The van der Waals surface area contributed by atoms with Crippen LogP contribution in [0.15, 0.2) is 174 Å². The summed E-state index contributed by atoms with van der Waals surface area (Å²) < 4.78 is 69.3. The number of nitrogens with zero attached hydrogens (tertiary/aromatic N) is 3. The standard InChI is InChI=1S/C21H18FNO2S.C20H17FN2O2S.C20H16FNO2S.C15H17FO2.4CH4.4H2S/c1-13-16(4-3-5-17(13)22)21(20(24)25-2)9-8-15(11-21)14-6-7-19-18(10-14)23-12-26-19;1-12-15(3-2-4-16(12)21)20(19(24)23-25)8-7-14(10-20)13-5-6-18-17(9-13)22-11-26-18;1-12-15(3-2-4-16(12)21)20(19(23)24)8-7-14(10-20)13-5-6-18-17(9-13)22-11-25-18;1-10-7-8-15(9-10,14(17)18-3)12-5-4-6-13(16)11(12)2;;;;;;;;/h3-7,10-12H,8-9H2,1-2H3;2-6,9-11,25H,7-8H2,1H3,(H,23,24);2-6,9-11H,7-8H2,1H3,(H,23,24);4-6,9H,7-8H2,1-3H3;4*1H4;4*1H2/t21-;2*20-;15-;;;;;;;;/m0000......../s1. The van der Waals surface area contributed by atoms with Gasteiger partial charge in [0.05, 0.1) is 66.8 Å². The molecule has 3 heterocycles. The van der Waals surface area contributed by atoms with Gasteiger partial charge in [0.15, 0.2) is 0 Å². The van der Waals surface area contributed by atoms with Crippen molar-refractivity contribution >= 4 is 159 Å². The van der Waals surface area contributed by atoms with E-state index < -0.39 is 33.5 Å². The Morgan fingerprint density at radius 1 is 0.427 bits per heavy atom. The average Bonchev–Trinajstić information content (AvgIpc) is 1.67. The summed E-state index contributed by atoms with van der Waals surface area (Å²) in [4.78, 5) is 62.7. The molecule has 0 bridgehead atoms. The number of thiazole rings is 3. The average molecular weight is 1540 g/mol. The lowest BCUT2D eigenvalue weighted by Gasteiger charge is -2.27. The Labute approximate surface area is 641 Å². The van der Waals surface area contributed by atoms with Gasteiger partial charge in [0.25, 0.3) is 5.91 Å². The summed E-state index contributed by atoms with van der Waals surface area (Å²) in [5, 5.41) is 19.3. The van der Waals surface area contributed by atoms with E-state index in [0.29, 0.717) is 83.0 Å². The highest BCUT2D eigenvalue weighted by Gasteiger charge is 2.47. The molecule has 4 aliphatic rings. The number of nitrogens with one attached hydrogen (secondary N) is 1. The number of carbonyl (C=O) groups is 4. The van der Waals surface area contributed by atoms with E-state index in [0.717, 1.165) is 82.5 Å². The van der Waals surface area contributed by atoms with Crippen LogP contribution in [0.2, 0.25) is 0 Å². The summed E-state index contributed by atoms with van der Waals surface area (Å²) in [6.45, 7) is 8.70. The molecule has 0 spiro atoms. The molecule has 0 fully saturated rings. The van der Waals surface area contributed by atoms with Crippen molar-refractivity contribution in [1.29, 1.82) is 0 Å². The van der Waals surface area contributed by atoms with E-state index in [4.69, 9.17) is 9.47 Å². The van der Waals surface area contributed by atoms with Gasteiger partial charge in [-0.1, -0.05) is 126 Å². The zero-order valence-corrected chi connectivity index (χ0v) is 61.7. The van der Waals surface area contributed by atoms with Gasteiger partial charge in [-0.05, 0) is 225 Å². The van der Waals surface area contributed by atoms with Gasteiger partial charge in [-0.25, -0.2) is 38.0 Å². The quantitative estimate of drug-likeness (QED) is 0.0369. The number of carboxylic acids is 1. The molecule has 4 atom stereocenters. The van der Waals surface area contributed by atoms with Crippen molar-refractivity contribution in [3.05, 3.63) is 258 Å². The fraction of sp³-hybridized carbons (Fsp3) is 0.287. The Bertz CT molecular complexity index is 4650. The van der Waals surface area contributed by atoms with Crippen molar-refractivity contribution in [2.24, 2.45) is 0 Å². The minimum Gasteiger partial charge on any atom is -0.480 e. The normalized spacial score (nSPS) is 18.7. The second kappa shape index (κ2) is 37.2. The zero-order valence-electron chi connectivity index (χ0n) is 55.2. The number of ether oxygens (including phenoxy) is 2. The highest BCUT2D eigenvalue weighted by Crippen LogP contribution is 2.49. The molecule has 4 aliphatic carbocycles. The topological polar surface area (TPSA) is 178 Å². The molecule has 1 amide bonds. The number of allylic oxidation sites excluding steroid dienone is 4. The van der Waals surface area contributed by atoms with Crippen LogP contribution in [0.25, 0.3) is 47.4 Å². The Hall–Kier alpha value is -7.87. The molecule has 0 radical (unpaired) electrons. The third-order valence-corrected chi connectivity index (χ3v) is 21.5. The maximum atomic E-state index is 14.1. The second-order valence-electron chi connectivity index (χ2n) is 24.4. The van der Waals surface area contributed by atoms with Crippen LogP contribution in [-0.2, 0) is 50.3 Å². The fourth-order valence-electron chi connectivity index (χ4n) is 13.9. The van der Waals surface area contributed by atoms with Crippen LogP contribution in [0.1, 0.15) is 149 Å². The first kappa shape index (κ1) is 89.3. The summed E-state index contributed by atoms with van der Waals surface area (Å²) in [5.41, 5.74) is 17.5. The van der Waals surface area contributed by atoms with Crippen LogP contribution in [0, 0.1) is 51.0 Å². The molecule has 0 saturated carbocycles. The number of fused-ring (bicyclic) bond motifs is 3. The number of amides is 1. The number of rotatable bonds is 11. The number of carboxylic acid groups (broad SMARTS) is 1. The number of hydrogen-bond donors (Lipinski definition) is 3. The Balaban J connectivity index is 0.000000351. The van der Waals surface area contributed by atoms with Gasteiger partial charge < -0.3 is 14.6 Å². The molecule has 10 aromatic rings. The van der Waals surface area contributed by atoms with Crippen molar-refractivity contribution in [2.45, 2.75) is 137 Å². The van der Waals surface area contributed by atoms with E-state index in [2.05, 4.69) is 27.1 Å². The van der Waals surface area contributed by atoms with Crippen LogP contribution >= 0.6 is 88.0 Å². The van der Waals surface area contributed by atoms with Crippen LogP contribution in [-0.4, -0.2) is 63.3 Å². The molecule has 12 nitrogen and oxygen atoms in total. The number of benzene rings is 7. The summed E-state index contributed by atoms with van der Waals surface area (Å²) in [6.07, 6.45) is 12.5. The minimum atomic E-state index is -1.18. The Kier molecular flexibility index (Phi) is 32.3. The van der Waals surface area contributed by atoms with Gasteiger partial charge in [0, 0.05) is 0 Å². The van der Waals surface area contributed by atoms with Crippen LogP contribution in [0.3, 0.4) is 0 Å². The number of methoxy groups -OCH3 is 2. The van der Waals surface area contributed by atoms with E-state index in [1.165, 1.54) is 38.5 Å². The van der Waals surface area contributed by atoms with Crippen LogP contribution in [0.4, 0.5) is 17.6 Å². The Morgan fingerprint density at radius 2 is 0.718 bits per heavy atom. The minimum absolute atomic E-state index is 0. The molecule has 0 saturated heterocycles. The molecule has 103 heavy (non-hydrogen) atoms. The smallest absolute Gasteiger partial charge is 0.320 e. The lowest BCUT2D eigenvalue weighted by Crippen LogP contribution is -2.41. The van der Waals surface area contributed by atoms with Gasteiger partial charge in [-0.2, -0.15) is 54.0 Å². The lowest BCUT2D eigenvalue weighted by atomic mass is 9.77. The second-order valence-corrected chi connectivity index (χ2v) is 27.0. The van der Waals surface area contributed by atoms with Gasteiger partial charge in [0.1, 0.15) is 39.5 Å². The monoisotopic (exact) mass is 1540 g/mol. The summed E-state index contributed by atoms with van der Waals surface area (Å²) in [7, 11) is 2.76. The maximum absolute atomic E-state index is 14.1. The molecule has 23 heteroatoms. The van der Waals surface area contributed by atoms with Crippen LogP contribution < -0.4 is 5.48 Å². The summed E-state index contributed by atoms with van der Waals surface area (Å²) in [5.74, 6) is -3.47. The van der Waals surface area contributed by atoms with Crippen LogP contribution in [0.5, 0.6) is 0 Å². The van der Waals surface area contributed by atoms with E-state index >= 15 is 0 Å². The first-order valence-corrected chi connectivity index (χ1v) is 33.5. The highest BCUT2D eigenvalue weighted by molar-refractivity contribution is 7.59. The molecule has 3 N–H and O–H groups in total. The van der Waals surface area contributed by atoms with Crippen molar-refractivity contribution < 1.29 is 56.5 Å². The van der Waals surface area contributed by atoms with E-state index in [9.17, 15) is 47.1 Å². The fourth-order valence-corrected chi connectivity index (χ4v) is 15.9. The van der Waals surface area contributed by atoms with Crippen molar-refractivity contribution in [3.63, 3.8) is 0 Å². The molecular weight excluding hydrogens is 1450 g/mol.